The first kappa shape index (κ1) is 12.6. The highest BCUT2D eigenvalue weighted by Gasteiger charge is 2.13. The highest BCUT2D eigenvalue weighted by molar-refractivity contribution is 6.31. The molecule has 0 heterocycles. The van der Waals surface area contributed by atoms with Gasteiger partial charge >= 0.3 is 0 Å². The number of halogens is 1. The van der Waals surface area contributed by atoms with Gasteiger partial charge in [0.1, 0.15) is 5.78 Å². The number of Topliss-reactive ketones (excluding diaryl/α,β-unsaturated/α-hetero) is 1. The number of carbonyl (C=O) groups is 1. The first-order valence-corrected chi connectivity index (χ1v) is 5.25. The maximum Gasteiger partial charge on any atom is 0.270 e. The molecule has 0 atom stereocenters. The minimum absolute atomic E-state index is 0.0636. The van der Waals surface area contributed by atoms with Gasteiger partial charge < -0.3 is 0 Å². The van der Waals surface area contributed by atoms with Crippen molar-refractivity contribution >= 4 is 23.1 Å². The van der Waals surface area contributed by atoms with Gasteiger partial charge in [-0.05, 0) is 5.56 Å². The van der Waals surface area contributed by atoms with Crippen molar-refractivity contribution in [1.82, 2.24) is 0 Å². The first-order chi connectivity index (χ1) is 7.41. The fourth-order valence-electron chi connectivity index (χ4n) is 1.18. The van der Waals surface area contributed by atoms with Crippen LogP contribution in [0.25, 0.3) is 0 Å². The monoisotopic (exact) mass is 241 g/mol. The van der Waals surface area contributed by atoms with E-state index in [2.05, 4.69) is 0 Å². The topological polar surface area (TPSA) is 60.2 Å². The van der Waals surface area contributed by atoms with E-state index in [1.807, 2.05) is 13.8 Å². The second-order valence-corrected chi connectivity index (χ2v) is 4.24. The molecular weight excluding hydrogens is 230 g/mol. The summed E-state index contributed by atoms with van der Waals surface area (Å²) in [6.07, 6.45) is 0.217. The molecule has 86 valence electrons. The van der Waals surface area contributed by atoms with Crippen molar-refractivity contribution < 1.29 is 9.72 Å². The fourth-order valence-corrected chi connectivity index (χ4v) is 1.43. The Morgan fingerprint density at radius 2 is 2.12 bits per heavy atom. The summed E-state index contributed by atoms with van der Waals surface area (Å²) in [6.45, 7) is 3.61. The standard InChI is InChI=1S/C11H12ClNO3/c1-7(2)11(14)5-8-3-4-9(13(15)16)6-10(8)12/h3-4,6-7H,5H2,1-2H3. The van der Waals surface area contributed by atoms with E-state index in [1.54, 1.807) is 0 Å². The minimum atomic E-state index is -0.514. The number of ketones is 1. The maximum absolute atomic E-state index is 11.5. The number of hydrogen-bond acceptors (Lipinski definition) is 3. The zero-order valence-corrected chi connectivity index (χ0v) is 9.82. The Hall–Kier alpha value is -1.42. The van der Waals surface area contributed by atoms with Crippen LogP contribution in [0, 0.1) is 16.0 Å². The van der Waals surface area contributed by atoms with Gasteiger partial charge in [-0.1, -0.05) is 31.5 Å². The molecule has 0 N–H and O–H groups in total. The van der Waals surface area contributed by atoms with E-state index in [0.717, 1.165) is 0 Å². The molecule has 0 aliphatic heterocycles. The molecule has 0 spiro atoms. The van der Waals surface area contributed by atoms with Crippen LogP contribution in [-0.4, -0.2) is 10.7 Å². The quantitative estimate of drug-likeness (QED) is 0.601. The van der Waals surface area contributed by atoms with E-state index >= 15 is 0 Å². The average molecular weight is 242 g/mol. The number of nitro benzene ring substituents is 1. The third-order valence-corrected chi connectivity index (χ3v) is 2.61. The van der Waals surface area contributed by atoms with Gasteiger partial charge in [0.05, 0.1) is 9.95 Å². The van der Waals surface area contributed by atoms with Gasteiger partial charge in [-0.15, -0.1) is 0 Å². The van der Waals surface area contributed by atoms with E-state index in [-0.39, 0.29) is 28.8 Å². The zero-order valence-electron chi connectivity index (χ0n) is 9.07. The van der Waals surface area contributed by atoms with Crippen molar-refractivity contribution in [3.8, 4) is 0 Å². The van der Waals surface area contributed by atoms with Crippen LogP contribution >= 0.6 is 11.6 Å². The number of benzene rings is 1. The van der Waals surface area contributed by atoms with Crippen molar-refractivity contribution in [2.24, 2.45) is 5.92 Å². The van der Waals surface area contributed by atoms with Crippen molar-refractivity contribution in [2.45, 2.75) is 20.3 Å². The van der Waals surface area contributed by atoms with Crippen molar-refractivity contribution in [1.29, 1.82) is 0 Å². The Bertz CT molecular complexity index is 429. The van der Waals surface area contributed by atoms with Gasteiger partial charge in [0.15, 0.2) is 0 Å². The highest BCUT2D eigenvalue weighted by Crippen LogP contribution is 2.23. The fraction of sp³-hybridized carbons (Fsp3) is 0.364. The normalized spacial score (nSPS) is 10.5. The molecule has 0 aliphatic rings. The predicted octanol–water partition coefficient (Wildman–Crippen LogP) is 3.02. The van der Waals surface area contributed by atoms with Crippen molar-refractivity contribution in [3.63, 3.8) is 0 Å². The molecule has 16 heavy (non-hydrogen) atoms. The number of rotatable bonds is 4. The number of non-ortho nitro benzene ring substituents is 1. The number of hydrogen-bond donors (Lipinski definition) is 0. The van der Waals surface area contributed by atoms with Crippen LogP contribution in [0.5, 0.6) is 0 Å². The summed E-state index contributed by atoms with van der Waals surface area (Å²) in [7, 11) is 0. The third kappa shape index (κ3) is 3.03. The van der Waals surface area contributed by atoms with Gasteiger partial charge in [0.2, 0.25) is 0 Å². The highest BCUT2D eigenvalue weighted by atomic mass is 35.5. The summed E-state index contributed by atoms with van der Waals surface area (Å²) < 4.78 is 0. The third-order valence-electron chi connectivity index (χ3n) is 2.26. The van der Waals surface area contributed by atoms with E-state index in [4.69, 9.17) is 11.6 Å². The Morgan fingerprint density at radius 1 is 1.50 bits per heavy atom. The van der Waals surface area contributed by atoms with E-state index in [1.165, 1.54) is 18.2 Å². The molecule has 0 unspecified atom stereocenters. The van der Waals surface area contributed by atoms with Gasteiger partial charge in [0.25, 0.3) is 5.69 Å². The summed E-state index contributed by atoms with van der Waals surface area (Å²) in [5, 5.41) is 10.7. The zero-order chi connectivity index (χ0) is 12.3. The molecule has 0 aliphatic carbocycles. The molecule has 5 heteroatoms. The van der Waals surface area contributed by atoms with Crippen LogP contribution < -0.4 is 0 Å². The second-order valence-electron chi connectivity index (χ2n) is 3.83. The summed E-state index contributed by atoms with van der Waals surface area (Å²) in [4.78, 5) is 21.5. The summed E-state index contributed by atoms with van der Waals surface area (Å²) in [5.41, 5.74) is 0.566. The van der Waals surface area contributed by atoms with Gasteiger partial charge in [-0.25, -0.2) is 0 Å². The lowest BCUT2D eigenvalue weighted by Gasteiger charge is -2.05. The van der Waals surface area contributed by atoms with Gasteiger partial charge in [-0.3, -0.25) is 14.9 Å². The van der Waals surface area contributed by atoms with Crippen molar-refractivity contribution in [2.75, 3.05) is 0 Å². The Labute approximate surface area is 98.4 Å². The predicted molar refractivity (Wildman–Crippen MR) is 61.7 cm³/mol. The molecule has 0 saturated carbocycles. The second kappa shape index (κ2) is 5.07. The largest absolute Gasteiger partial charge is 0.299 e. The minimum Gasteiger partial charge on any atom is -0.299 e. The Kier molecular flexibility index (Phi) is 4.01. The average Bonchev–Trinajstić information content (AvgIpc) is 2.20. The lowest BCUT2D eigenvalue weighted by atomic mass is 10.0. The molecule has 0 fully saturated rings. The lowest BCUT2D eigenvalue weighted by Crippen LogP contribution is -2.10. The smallest absolute Gasteiger partial charge is 0.270 e. The van der Waals surface area contributed by atoms with Crippen LogP contribution in [0.3, 0.4) is 0 Å². The molecule has 4 nitrogen and oxygen atoms in total. The summed E-state index contributed by atoms with van der Waals surface area (Å²) in [5.74, 6) is 0.00186. The van der Waals surface area contributed by atoms with Crippen LogP contribution in [0.15, 0.2) is 18.2 Å². The molecule has 1 rings (SSSR count). The maximum atomic E-state index is 11.5. The molecule has 0 aromatic heterocycles. The Morgan fingerprint density at radius 3 is 2.56 bits per heavy atom. The van der Waals surface area contributed by atoms with E-state index in [9.17, 15) is 14.9 Å². The van der Waals surface area contributed by atoms with Gasteiger partial charge in [0, 0.05) is 24.5 Å². The first-order valence-electron chi connectivity index (χ1n) is 4.87. The Balaban J connectivity index is 2.91. The molecule has 1 aromatic rings. The summed E-state index contributed by atoms with van der Waals surface area (Å²) in [6, 6.07) is 4.15. The molecule has 0 bridgehead atoms. The molecule has 0 radical (unpaired) electrons. The molecule has 0 saturated heterocycles. The number of carbonyl (C=O) groups excluding carboxylic acids is 1. The van der Waals surface area contributed by atoms with Crippen LogP contribution in [0.1, 0.15) is 19.4 Å². The van der Waals surface area contributed by atoms with Crippen LogP contribution in [0.2, 0.25) is 5.02 Å². The number of nitro groups is 1. The summed E-state index contributed by atoms with van der Waals surface area (Å²) >= 11 is 5.87. The van der Waals surface area contributed by atoms with Crippen molar-refractivity contribution in [3.05, 3.63) is 38.9 Å². The van der Waals surface area contributed by atoms with E-state index < -0.39 is 4.92 Å². The lowest BCUT2D eigenvalue weighted by molar-refractivity contribution is -0.384. The SMILES string of the molecule is CC(C)C(=O)Cc1ccc([N+](=O)[O-])cc1Cl. The molecule has 0 amide bonds. The van der Waals surface area contributed by atoms with Crippen LogP contribution in [-0.2, 0) is 11.2 Å². The van der Waals surface area contributed by atoms with E-state index in [0.29, 0.717) is 5.56 Å². The molecular formula is C11H12ClNO3. The molecule has 1 aromatic carbocycles. The van der Waals surface area contributed by atoms with Gasteiger partial charge in [-0.2, -0.15) is 0 Å². The number of nitrogens with zero attached hydrogens (tertiary/aromatic N) is 1. The van der Waals surface area contributed by atoms with Crippen LogP contribution in [0.4, 0.5) is 5.69 Å².